The standard InChI is InChI=1S/C17H20N4/c1-12-3-2-4-16(20-12)21-9-7-14-15(8-10-21)18-11-19-17(14)13-5-6-13/h2-4,11,13H,5-10H2,1H3. The van der Waals surface area contributed by atoms with Gasteiger partial charge in [0, 0.05) is 36.8 Å². The molecule has 0 radical (unpaired) electrons. The summed E-state index contributed by atoms with van der Waals surface area (Å²) in [5.41, 5.74) is 5.06. The van der Waals surface area contributed by atoms with Gasteiger partial charge >= 0.3 is 0 Å². The van der Waals surface area contributed by atoms with Crippen LogP contribution in [-0.4, -0.2) is 28.0 Å². The zero-order chi connectivity index (χ0) is 14.2. The fourth-order valence-corrected chi connectivity index (χ4v) is 3.19. The van der Waals surface area contributed by atoms with Crippen molar-refractivity contribution in [2.75, 3.05) is 18.0 Å². The highest BCUT2D eigenvalue weighted by molar-refractivity contribution is 5.42. The molecule has 0 spiro atoms. The first kappa shape index (κ1) is 12.7. The van der Waals surface area contributed by atoms with Gasteiger partial charge in [0.25, 0.3) is 0 Å². The quantitative estimate of drug-likeness (QED) is 0.848. The number of fused-ring (bicyclic) bond motifs is 1. The lowest BCUT2D eigenvalue weighted by atomic mass is 10.0. The van der Waals surface area contributed by atoms with E-state index in [2.05, 4.69) is 32.0 Å². The molecule has 0 saturated heterocycles. The summed E-state index contributed by atoms with van der Waals surface area (Å²) in [6.07, 6.45) is 6.39. The third-order valence-electron chi connectivity index (χ3n) is 4.48. The average molecular weight is 280 g/mol. The summed E-state index contributed by atoms with van der Waals surface area (Å²) >= 11 is 0. The number of pyridine rings is 1. The molecule has 1 aliphatic heterocycles. The van der Waals surface area contributed by atoms with Gasteiger partial charge < -0.3 is 4.90 Å². The van der Waals surface area contributed by atoms with E-state index in [1.165, 1.54) is 29.8 Å². The number of aryl methyl sites for hydroxylation is 1. The van der Waals surface area contributed by atoms with Crippen molar-refractivity contribution in [2.24, 2.45) is 0 Å². The molecular weight excluding hydrogens is 260 g/mol. The Balaban J connectivity index is 1.61. The van der Waals surface area contributed by atoms with Gasteiger partial charge in [0.1, 0.15) is 12.1 Å². The summed E-state index contributed by atoms with van der Waals surface area (Å²) in [5.74, 6) is 1.79. The van der Waals surface area contributed by atoms with Gasteiger partial charge in [-0.25, -0.2) is 15.0 Å². The Morgan fingerprint density at radius 3 is 2.76 bits per heavy atom. The lowest BCUT2D eigenvalue weighted by Crippen LogP contribution is -2.27. The minimum absolute atomic E-state index is 0.699. The molecule has 4 nitrogen and oxygen atoms in total. The average Bonchev–Trinajstić information content (AvgIpc) is 3.33. The van der Waals surface area contributed by atoms with Crippen molar-refractivity contribution >= 4 is 5.82 Å². The van der Waals surface area contributed by atoms with Crippen LogP contribution in [0.2, 0.25) is 0 Å². The second-order valence-electron chi connectivity index (χ2n) is 6.08. The van der Waals surface area contributed by atoms with Gasteiger partial charge in [-0.1, -0.05) is 6.07 Å². The highest BCUT2D eigenvalue weighted by Gasteiger charge is 2.30. The Morgan fingerprint density at radius 1 is 1.10 bits per heavy atom. The molecule has 0 aromatic carbocycles. The van der Waals surface area contributed by atoms with Crippen molar-refractivity contribution in [1.29, 1.82) is 0 Å². The SMILES string of the molecule is Cc1cccc(N2CCc3ncnc(C4CC4)c3CC2)n1. The highest BCUT2D eigenvalue weighted by atomic mass is 15.2. The summed E-state index contributed by atoms with van der Waals surface area (Å²) in [6, 6.07) is 6.24. The second kappa shape index (κ2) is 5.10. The molecule has 1 saturated carbocycles. The fraction of sp³-hybridized carbons (Fsp3) is 0.471. The van der Waals surface area contributed by atoms with Crippen LogP contribution in [0.3, 0.4) is 0 Å². The van der Waals surface area contributed by atoms with Crippen molar-refractivity contribution in [3.63, 3.8) is 0 Å². The third kappa shape index (κ3) is 2.50. The number of hydrogen-bond donors (Lipinski definition) is 0. The van der Waals surface area contributed by atoms with Gasteiger partial charge in [-0.15, -0.1) is 0 Å². The molecule has 21 heavy (non-hydrogen) atoms. The largest absolute Gasteiger partial charge is 0.356 e. The van der Waals surface area contributed by atoms with E-state index in [1.807, 2.05) is 13.0 Å². The summed E-state index contributed by atoms with van der Waals surface area (Å²) in [5, 5.41) is 0. The van der Waals surface area contributed by atoms with Crippen LogP contribution in [0.1, 0.15) is 41.4 Å². The number of hydrogen-bond acceptors (Lipinski definition) is 4. The molecule has 2 aromatic rings. The second-order valence-corrected chi connectivity index (χ2v) is 6.08. The summed E-state index contributed by atoms with van der Waals surface area (Å²) < 4.78 is 0. The first-order valence-electron chi connectivity index (χ1n) is 7.82. The molecule has 1 fully saturated rings. The van der Waals surface area contributed by atoms with Gasteiger partial charge in [0.15, 0.2) is 0 Å². The lowest BCUT2D eigenvalue weighted by molar-refractivity contribution is 0.784. The summed E-state index contributed by atoms with van der Waals surface area (Å²) in [4.78, 5) is 16.1. The first-order chi connectivity index (χ1) is 10.3. The van der Waals surface area contributed by atoms with E-state index in [4.69, 9.17) is 0 Å². The van der Waals surface area contributed by atoms with E-state index in [-0.39, 0.29) is 0 Å². The molecule has 108 valence electrons. The monoisotopic (exact) mass is 280 g/mol. The van der Waals surface area contributed by atoms with E-state index in [1.54, 1.807) is 6.33 Å². The van der Waals surface area contributed by atoms with Crippen LogP contribution in [0.5, 0.6) is 0 Å². The summed E-state index contributed by atoms with van der Waals surface area (Å²) in [6.45, 7) is 4.05. The molecule has 0 amide bonds. The Labute approximate surface area is 125 Å². The topological polar surface area (TPSA) is 41.9 Å². The molecule has 0 atom stereocenters. The van der Waals surface area contributed by atoms with Crippen LogP contribution in [-0.2, 0) is 12.8 Å². The van der Waals surface area contributed by atoms with E-state index in [0.29, 0.717) is 5.92 Å². The van der Waals surface area contributed by atoms with Crippen LogP contribution < -0.4 is 4.90 Å². The van der Waals surface area contributed by atoms with Crippen molar-refractivity contribution in [3.05, 3.63) is 47.2 Å². The molecule has 1 aliphatic carbocycles. The Hall–Kier alpha value is -1.97. The van der Waals surface area contributed by atoms with Crippen molar-refractivity contribution < 1.29 is 0 Å². The van der Waals surface area contributed by atoms with Gasteiger partial charge in [0.05, 0.1) is 5.69 Å². The van der Waals surface area contributed by atoms with E-state index < -0.39 is 0 Å². The zero-order valence-electron chi connectivity index (χ0n) is 12.4. The van der Waals surface area contributed by atoms with Crippen LogP contribution >= 0.6 is 0 Å². The van der Waals surface area contributed by atoms with Crippen molar-refractivity contribution in [2.45, 2.75) is 38.5 Å². The van der Waals surface area contributed by atoms with Gasteiger partial charge in [-0.05, 0) is 43.9 Å². The predicted octanol–water partition coefficient (Wildman–Crippen LogP) is 2.66. The predicted molar refractivity (Wildman–Crippen MR) is 82.6 cm³/mol. The Morgan fingerprint density at radius 2 is 1.95 bits per heavy atom. The molecule has 0 bridgehead atoms. The van der Waals surface area contributed by atoms with Crippen LogP contribution in [0, 0.1) is 6.92 Å². The highest BCUT2D eigenvalue weighted by Crippen LogP contribution is 2.41. The molecule has 3 heterocycles. The first-order valence-corrected chi connectivity index (χ1v) is 7.82. The number of anilines is 1. The van der Waals surface area contributed by atoms with Crippen LogP contribution in [0.25, 0.3) is 0 Å². The number of aromatic nitrogens is 3. The Kier molecular flexibility index (Phi) is 3.09. The fourth-order valence-electron chi connectivity index (χ4n) is 3.19. The molecule has 2 aliphatic rings. The maximum atomic E-state index is 4.66. The maximum Gasteiger partial charge on any atom is 0.128 e. The number of rotatable bonds is 2. The molecule has 0 N–H and O–H groups in total. The maximum absolute atomic E-state index is 4.66. The lowest BCUT2D eigenvalue weighted by Gasteiger charge is -2.21. The van der Waals surface area contributed by atoms with E-state index in [9.17, 15) is 0 Å². The summed E-state index contributed by atoms with van der Waals surface area (Å²) in [7, 11) is 0. The zero-order valence-corrected chi connectivity index (χ0v) is 12.4. The van der Waals surface area contributed by atoms with Crippen molar-refractivity contribution in [3.8, 4) is 0 Å². The van der Waals surface area contributed by atoms with Gasteiger partial charge in [-0.2, -0.15) is 0 Å². The van der Waals surface area contributed by atoms with Gasteiger partial charge in [-0.3, -0.25) is 0 Å². The molecule has 2 aromatic heterocycles. The van der Waals surface area contributed by atoms with Crippen LogP contribution in [0.4, 0.5) is 5.82 Å². The molecule has 4 heteroatoms. The van der Waals surface area contributed by atoms with Crippen LogP contribution in [0.15, 0.2) is 24.5 Å². The molecular formula is C17H20N4. The van der Waals surface area contributed by atoms with Crippen molar-refractivity contribution in [1.82, 2.24) is 15.0 Å². The number of nitrogens with zero attached hydrogens (tertiary/aromatic N) is 4. The Bertz CT molecular complexity index is 664. The van der Waals surface area contributed by atoms with Gasteiger partial charge in [0.2, 0.25) is 0 Å². The smallest absolute Gasteiger partial charge is 0.128 e. The minimum atomic E-state index is 0.699. The minimum Gasteiger partial charge on any atom is -0.356 e. The normalized spacial score (nSPS) is 18.2. The third-order valence-corrected chi connectivity index (χ3v) is 4.48. The molecule has 4 rings (SSSR count). The molecule has 0 unspecified atom stereocenters. The van der Waals surface area contributed by atoms with E-state index >= 15 is 0 Å². The van der Waals surface area contributed by atoms with E-state index in [0.717, 1.165) is 37.4 Å².